The second kappa shape index (κ2) is 6.76. The Morgan fingerprint density at radius 1 is 1.21 bits per heavy atom. The zero-order valence-electron chi connectivity index (χ0n) is 13.0. The van der Waals surface area contributed by atoms with Crippen LogP contribution in [0.2, 0.25) is 5.02 Å². The monoisotopic (exact) mass is 341 g/mol. The number of para-hydroxylation sites is 1. The van der Waals surface area contributed by atoms with Crippen molar-refractivity contribution in [1.29, 1.82) is 0 Å². The van der Waals surface area contributed by atoms with Crippen molar-refractivity contribution in [2.45, 2.75) is 13.1 Å². The van der Waals surface area contributed by atoms with E-state index >= 15 is 0 Å². The van der Waals surface area contributed by atoms with Gasteiger partial charge in [0, 0.05) is 16.3 Å². The Morgan fingerprint density at radius 2 is 1.92 bits per heavy atom. The molecule has 1 atom stereocenters. The number of hydrazine groups is 1. The van der Waals surface area contributed by atoms with Crippen LogP contribution in [0.4, 0.5) is 5.69 Å². The van der Waals surface area contributed by atoms with Gasteiger partial charge in [0.25, 0.3) is 11.8 Å². The van der Waals surface area contributed by atoms with E-state index in [-0.39, 0.29) is 11.8 Å². The van der Waals surface area contributed by atoms with Gasteiger partial charge in [-0.25, -0.2) is 5.01 Å². The van der Waals surface area contributed by atoms with E-state index in [0.717, 1.165) is 5.69 Å². The number of allylic oxidation sites excluding steroid dienone is 1. The van der Waals surface area contributed by atoms with Gasteiger partial charge in [-0.3, -0.25) is 15.0 Å². The second-order valence-corrected chi connectivity index (χ2v) is 5.72. The molecule has 1 heterocycles. The Kier molecular flexibility index (Phi) is 4.53. The van der Waals surface area contributed by atoms with Gasteiger partial charge in [-0.2, -0.15) is 0 Å². The first-order valence-electron chi connectivity index (χ1n) is 7.48. The van der Waals surface area contributed by atoms with Gasteiger partial charge in [0.15, 0.2) is 0 Å². The predicted molar refractivity (Wildman–Crippen MR) is 93.8 cm³/mol. The average molecular weight is 342 g/mol. The third-order valence-corrected chi connectivity index (χ3v) is 3.91. The molecule has 0 aliphatic carbocycles. The highest BCUT2D eigenvalue weighted by Gasteiger charge is 2.31. The summed E-state index contributed by atoms with van der Waals surface area (Å²) in [6, 6.07) is 13.7. The Labute approximate surface area is 144 Å². The maximum Gasteiger partial charge on any atom is 0.276 e. The smallest absolute Gasteiger partial charge is 0.276 e. The maximum absolute atomic E-state index is 12.7. The number of nitrogens with one attached hydrogen (secondary N) is 2. The molecular weight excluding hydrogens is 326 g/mol. The lowest BCUT2D eigenvalue weighted by molar-refractivity contribution is 0.0535. The zero-order chi connectivity index (χ0) is 17.1. The van der Waals surface area contributed by atoms with Crippen LogP contribution < -0.4 is 10.7 Å². The molecule has 6 heteroatoms. The summed E-state index contributed by atoms with van der Waals surface area (Å²) < 4.78 is 0. The van der Waals surface area contributed by atoms with Crippen LogP contribution in [0.15, 0.2) is 60.7 Å². The molecule has 0 bridgehead atoms. The topological polar surface area (TPSA) is 61.4 Å². The zero-order valence-corrected chi connectivity index (χ0v) is 13.7. The molecule has 24 heavy (non-hydrogen) atoms. The summed E-state index contributed by atoms with van der Waals surface area (Å²) in [7, 11) is 0. The van der Waals surface area contributed by atoms with Crippen LogP contribution in [0.25, 0.3) is 0 Å². The summed E-state index contributed by atoms with van der Waals surface area (Å²) >= 11 is 5.84. The predicted octanol–water partition coefficient (Wildman–Crippen LogP) is 3.45. The molecular formula is C18H16ClN3O2. The fraction of sp³-hybridized carbons (Fsp3) is 0.111. The molecule has 1 aliphatic heterocycles. The molecule has 2 aromatic carbocycles. The van der Waals surface area contributed by atoms with Crippen molar-refractivity contribution in [3.8, 4) is 0 Å². The lowest BCUT2D eigenvalue weighted by atomic mass is 10.1. The van der Waals surface area contributed by atoms with E-state index in [2.05, 4.69) is 10.7 Å². The first-order valence-corrected chi connectivity index (χ1v) is 7.86. The summed E-state index contributed by atoms with van der Waals surface area (Å²) in [5.41, 5.74) is 4.34. The number of carbonyl (C=O) groups is 2. The molecule has 1 aliphatic rings. The third-order valence-electron chi connectivity index (χ3n) is 3.66. The lowest BCUT2D eigenvalue weighted by Crippen LogP contribution is -2.56. The van der Waals surface area contributed by atoms with Gasteiger partial charge >= 0.3 is 0 Å². The number of fused-ring (bicyclic) bond motifs is 1. The van der Waals surface area contributed by atoms with Crippen molar-refractivity contribution < 1.29 is 9.59 Å². The molecule has 0 aromatic heterocycles. The molecule has 0 spiro atoms. The second-order valence-electron chi connectivity index (χ2n) is 5.28. The fourth-order valence-electron chi connectivity index (χ4n) is 2.49. The molecule has 2 N–H and O–H groups in total. The number of halogens is 1. The summed E-state index contributed by atoms with van der Waals surface area (Å²) in [5, 5.41) is 5.06. The van der Waals surface area contributed by atoms with E-state index in [4.69, 9.17) is 11.6 Å². The van der Waals surface area contributed by atoms with Crippen LogP contribution in [-0.2, 0) is 0 Å². The van der Waals surface area contributed by atoms with Crippen LogP contribution in [0, 0.1) is 0 Å². The highest BCUT2D eigenvalue weighted by molar-refractivity contribution is 6.30. The molecule has 1 unspecified atom stereocenters. The molecule has 0 radical (unpaired) electrons. The minimum Gasteiger partial charge on any atom is -0.360 e. The number of anilines is 1. The van der Waals surface area contributed by atoms with Gasteiger partial charge in [0.1, 0.15) is 6.17 Å². The summed E-state index contributed by atoms with van der Waals surface area (Å²) in [4.78, 5) is 25.2. The summed E-state index contributed by atoms with van der Waals surface area (Å²) in [5.74, 6) is -0.648. The molecule has 122 valence electrons. The Hall–Kier alpha value is -2.79. The van der Waals surface area contributed by atoms with E-state index in [9.17, 15) is 9.59 Å². The Bertz CT molecular complexity index is 802. The van der Waals surface area contributed by atoms with Crippen molar-refractivity contribution in [1.82, 2.24) is 10.4 Å². The molecule has 2 aromatic rings. The van der Waals surface area contributed by atoms with Gasteiger partial charge < -0.3 is 5.32 Å². The van der Waals surface area contributed by atoms with Crippen LogP contribution in [-0.4, -0.2) is 23.0 Å². The number of hydrogen-bond donors (Lipinski definition) is 2. The number of carbonyl (C=O) groups excluding carboxylic acids is 2. The molecule has 0 saturated heterocycles. The molecule has 3 rings (SSSR count). The lowest BCUT2D eigenvalue weighted by Gasteiger charge is -2.36. The highest BCUT2D eigenvalue weighted by atomic mass is 35.5. The number of nitrogens with zero attached hydrogens (tertiary/aromatic N) is 1. The quantitative estimate of drug-likeness (QED) is 0.840. The SMILES string of the molecule is C/C=C/C1Nc2ccccc2C(=O)N1NC(=O)c1ccc(Cl)cc1. The third kappa shape index (κ3) is 3.12. The van der Waals surface area contributed by atoms with Gasteiger partial charge in [0.2, 0.25) is 0 Å². The van der Waals surface area contributed by atoms with E-state index in [1.807, 2.05) is 25.1 Å². The minimum absolute atomic E-state index is 0.269. The maximum atomic E-state index is 12.7. The van der Waals surface area contributed by atoms with Crippen molar-refractivity contribution in [3.63, 3.8) is 0 Å². The molecule has 0 fully saturated rings. The van der Waals surface area contributed by atoms with Crippen LogP contribution in [0.3, 0.4) is 0 Å². The minimum atomic E-state index is -0.464. The molecule has 2 amide bonds. The van der Waals surface area contributed by atoms with Crippen LogP contribution >= 0.6 is 11.6 Å². The largest absolute Gasteiger partial charge is 0.360 e. The average Bonchev–Trinajstić information content (AvgIpc) is 2.59. The van der Waals surface area contributed by atoms with Crippen LogP contribution in [0.1, 0.15) is 27.6 Å². The van der Waals surface area contributed by atoms with Crippen LogP contribution in [0.5, 0.6) is 0 Å². The van der Waals surface area contributed by atoms with Crippen molar-refractivity contribution in [3.05, 3.63) is 76.8 Å². The Balaban J connectivity index is 1.88. The van der Waals surface area contributed by atoms with Gasteiger partial charge in [-0.15, -0.1) is 0 Å². The summed E-state index contributed by atoms with van der Waals surface area (Å²) in [6.45, 7) is 1.85. The normalized spacial score (nSPS) is 16.7. The fourth-order valence-corrected chi connectivity index (χ4v) is 2.61. The molecule has 5 nitrogen and oxygen atoms in total. The van der Waals surface area contributed by atoms with E-state index in [1.54, 1.807) is 42.5 Å². The molecule has 0 saturated carbocycles. The number of hydrogen-bond acceptors (Lipinski definition) is 3. The van der Waals surface area contributed by atoms with E-state index in [0.29, 0.717) is 16.1 Å². The Morgan fingerprint density at radius 3 is 2.62 bits per heavy atom. The number of amides is 2. The van der Waals surface area contributed by atoms with Gasteiger partial charge in [-0.1, -0.05) is 29.8 Å². The van der Waals surface area contributed by atoms with Gasteiger partial charge in [0.05, 0.1) is 5.56 Å². The number of rotatable bonds is 3. The standard InChI is InChI=1S/C18H16ClN3O2/c1-2-5-16-20-15-7-4-3-6-14(15)18(24)22(16)21-17(23)12-8-10-13(19)11-9-12/h2-11,16,20H,1H3,(H,21,23)/b5-2+. The van der Waals surface area contributed by atoms with Crippen molar-refractivity contribution in [2.75, 3.05) is 5.32 Å². The van der Waals surface area contributed by atoms with Crippen molar-refractivity contribution >= 4 is 29.1 Å². The van der Waals surface area contributed by atoms with E-state index < -0.39 is 6.17 Å². The highest BCUT2D eigenvalue weighted by Crippen LogP contribution is 2.24. The summed E-state index contributed by atoms with van der Waals surface area (Å²) in [6.07, 6.45) is 3.16. The first-order chi connectivity index (χ1) is 11.6. The number of benzene rings is 2. The van der Waals surface area contributed by atoms with Gasteiger partial charge in [-0.05, 0) is 49.4 Å². The first kappa shape index (κ1) is 16.1. The van der Waals surface area contributed by atoms with E-state index in [1.165, 1.54) is 5.01 Å². The van der Waals surface area contributed by atoms with Crippen molar-refractivity contribution in [2.24, 2.45) is 0 Å².